The van der Waals surface area contributed by atoms with Crippen LogP contribution >= 0.6 is 0 Å². The van der Waals surface area contributed by atoms with Gasteiger partial charge in [-0.15, -0.1) is 0 Å². The number of hydrogen-bond acceptors (Lipinski definition) is 3. The van der Waals surface area contributed by atoms with Gasteiger partial charge in [-0.1, -0.05) is 13.8 Å². The zero-order valence-electron chi connectivity index (χ0n) is 11.5. The summed E-state index contributed by atoms with van der Waals surface area (Å²) in [6, 6.07) is 2.61. The first kappa shape index (κ1) is 13.3. The molecule has 100 valence electrons. The summed E-state index contributed by atoms with van der Waals surface area (Å²) in [5, 5.41) is 3.64. The number of pyridine rings is 1. The van der Waals surface area contributed by atoms with Crippen LogP contribution in [0.4, 0.5) is 0 Å². The van der Waals surface area contributed by atoms with Gasteiger partial charge in [-0.25, -0.2) is 0 Å². The molecule has 1 heterocycles. The van der Waals surface area contributed by atoms with Crippen molar-refractivity contribution in [1.29, 1.82) is 0 Å². The Morgan fingerprint density at radius 1 is 1.33 bits per heavy atom. The summed E-state index contributed by atoms with van der Waals surface area (Å²) in [4.78, 5) is 4.31. The topological polar surface area (TPSA) is 34.2 Å². The highest BCUT2D eigenvalue weighted by Gasteiger charge is 2.32. The van der Waals surface area contributed by atoms with Crippen molar-refractivity contribution in [3.8, 4) is 5.75 Å². The van der Waals surface area contributed by atoms with Crippen molar-refractivity contribution >= 4 is 0 Å². The Morgan fingerprint density at radius 2 is 2.17 bits per heavy atom. The quantitative estimate of drug-likeness (QED) is 0.766. The first-order valence-electron chi connectivity index (χ1n) is 7.16. The predicted octanol–water partition coefficient (Wildman–Crippen LogP) is 3.32. The van der Waals surface area contributed by atoms with Crippen molar-refractivity contribution in [1.82, 2.24) is 10.3 Å². The normalized spacial score (nSPS) is 16.6. The molecule has 0 bridgehead atoms. The van der Waals surface area contributed by atoms with Gasteiger partial charge in [0.2, 0.25) is 0 Å². The molecular formula is C15H24N2O. The molecule has 1 N–H and O–H groups in total. The van der Waals surface area contributed by atoms with Crippen LogP contribution in [0.2, 0.25) is 0 Å². The van der Waals surface area contributed by atoms with Gasteiger partial charge in [0.15, 0.2) is 0 Å². The molecule has 1 atom stereocenters. The van der Waals surface area contributed by atoms with Crippen LogP contribution in [0.3, 0.4) is 0 Å². The molecule has 0 amide bonds. The molecule has 1 aliphatic rings. The molecule has 0 aromatic carbocycles. The summed E-state index contributed by atoms with van der Waals surface area (Å²) in [5.74, 6) is 1.69. The molecule has 0 spiro atoms. The van der Waals surface area contributed by atoms with Crippen LogP contribution in [-0.2, 0) is 0 Å². The Bertz CT molecular complexity index is 363. The lowest BCUT2D eigenvalue weighted by atomic mass is 10.0. The lowest BCUT2D eigenvalue weighted by molar-refractivity contribution is 0.315. The largest absolute Gasteiger partial charge is 0.492 e. The Kier molecular flexibility index (Phi) is 5.00. The van der Waals surface area contributed by atoms with Crippen molar-refractivity contribution in [2.75, 3.05) is 13.2 Å². The summed E-state index contributed by atoms with van der Waals surface area (Å²) in [5.41, 5.74) is 1.28. The summed E-state index contributed by atoms with van der Waals surface area (Å²) in [7, 11) is 0. The van der Waals surface area contributed by atoms with Crippen molar-refractivity contribution in [3.05, 3.63) is 24.0 Å². The molecule has 1 aliphatic carbocycles. The standard InChI is InChI=1S/C15H24N2O/c1-3-7-17-15(12-5-6-12)13-9-14(11-16-10-13)18-8-4-2/h9-12,15,17H,3-8H2,1-2H3. The predicted molar refractivity (Wildman–Crippen MR) is 73.8 cm³/mol. The molecule has 1 aromatic heterocycles. The zero-order chi connectivity index (χ0) is 12.8. The van der Waals surface area contributed by atoms with Gasteiger partial charge in [0.1, 0.15) is 5.75 Å². The molecule has 1 unspecified atom stereocenters. The van der Waals surface area contributed by atoms with Gasteiger partial charge in [-0.05, 0) is 49.8 Å². The van der Waals surface area contributed by atoms with E-state index in [4.69, 9.17) is 4.74 Å². The Balaban J connectivity index is 2.03. The van der Waals surface area contributed by atoms with Crippen LogP contribution < -0.4 is 10.1 Å². The average molecular weight is 248 g/mol. The fraction of sp³-hybridized carbons (Fsp3) is 0.667. The fourth-order valence-electron chi connectivity index (χ4n) is 2.19. The molecule has 0 saturated heterocycles. The SMILES string of the molecule is CCCNC(c1cncc(OCCC)c1)C1CC1. The number of hydrogen-bond donors (Lipinski definition) is 1. The van der Waals surface area contributed by atoms with Gasteiger partial charge < -0.3 is 10.1 Å². The highest BCUT2D eigenvalue weighted by Crippen LogP contribution is 2.41. The van der Waals surface area contributed by atoms with Crippen molar-refractivity contribution in [2.24, 2.45) is 5.92 Å². The maximum Gasteiger partial charge on any atom is 0.137 e. The van der Waals surface area contributed by atoms with Crippen LogP contribution in [0.25, 0.3) is 0 Å². The van der Waals surface area contributed by atoms with Crippen molar-refractivity contribution in [3.63, 3.8) is 0 Å². The molecule has 3 nitrogen and oxygen atoms in total. The van der Waals surface area contributed by atoms with Crippen LogP contribution in [-0.4, -0.2) is 18.1 Å². The monoisotopic (exact) mass is 248 g/mol. The maximum atomic E-state index is 5.66. The number of ether oxygens (including phenoxy) is 1. The van der Waals surface area contributed by atoms with E-state index in [2.05, 4.69) is 30.2 Å². The highest BCUT2D eigenvalue weighted by atomic mass is 16.5. The lowest BCUT2D eigenvalue weighted by Gasteiger charge is -2.18. The van der Waals surface area contributed by atoms with Gasteiger partial charge in [0.05, 0.1) is 12.8 Å². The molecule has 1 aromatic rings. The molecule has 1 fully saturated rings. The van der Waals surface area contributed by atoms with E-state index in [0.29, 0.717) is 6.04 Å². The summed E-state index contributed by atoms with van der Waals surface area (Å²) < 4.78 is 5.66. The number of rotatable bonds is 8. The smallest absolute Gasteiger partial charge is 0.137 e. The summed E-state index contributed by atoms with van der Waals surface area (Å²) in [6.45, 7) is 6.16. The van der Waals surface area contributed by atoms with E-state index in [9.17, 15) is 0 Å². The molecule has 0 radical (unpaired) electrons. The van der Waals surface area contributed by atoms with E-state index in [1.807, 2.05) is 12.4 Å². The zero-order valence-corrected chi connectivity index (χ0v) is 11.5. The minimum Gasteiger partial charge on any atom is -0.492 e. The van der Waals surface area contributed by atoms with E-state index in [0.717, 1.165) is 31.2 Å². The third-order valence-corrected chi connectivity index (χ3v) is 3.27. The van der Waals surface area contributed by atoms with Gasteiger partial charge >= 0.3 is 0 Å². The minimum absolute atomic E-state index is 0.461. The van der Waals surface area contributed by atoms with Crippen molar-refractivity contribution in [2.45, 2.75) is 45.6 Å². The third-order valence-electron chi connectivity index (χ3n) is 3.27. The first-order chi connectivity index (χ1) is 8.85. The summed E-state index contributed by atoms with van der Waals surface area (Å²) in [6.07, 6.45) is 8.66. The van der Waals surface area contributed by atoms with Gasteiger partial charge in [0, 0.05) is 12.2 Å². The van der Waals surface area contributed by atoms with Crippen LogP contribution in [0, 0.1) is 5.92 Å². The lowest BCUT2D eigenvalue weighted by Crippen LogP contribution is -2.24. The Hall–Kier alpha value is -1.09. The van der Waals surface area contributed by atoms with E-state index >= 15 is 0 Å². The Labute approximate surface area is 110 Å². The number of aromatic nitrogens is 1. The highest BCUT2D eigenvalue weighted by molar-refractivity contribution is 5.27. The number of nitrogens with zero attached hydrogens (tertiary/aromatic N) is 1. The van der Waals surface area contributed by atoms with E-state index in [1.165, 1.54) is 24.8 Å². The van der Waals surface area contributed by atoms with Crippen LogP contribution in [0.15, 0.2) is 18.5 Å². The van der Waals surface area contributed by atoms with Gasteiger partial charge in [-0.2, -0.15) is 0 Å². The van der Waals surface area contributed by atoms with Crippen LogP contribution in [0.1, 0.15) is 51.1 Å². The first-order valence-corrected chi connectivity index (χ1v) is 7.16. The van der Waals surface area contributed by atoms with E-state index in [1.54, 1.807) is 0 Å². The van der Waals surface area contributed by atoms with E-state index in [-0.39, 0.29) is 0 Å². The minimum atomic E-state index is 0.461. The Morgan fingerprint density at radius 3 is 2.83 bits per heavy atom. The molecular weight excluding hydrogens is 224 g/mol. The second-order valence-corrected chi connectivity index (χ2v) is 5.07. The molecule has 3 heteroatoms. The maximum absolute atomic E-state index is 5.66. The fourth-order valence-corrected chi connectivity index (χ4v) is 2.19. The molecule has 1 saturated carbocycles. The molecule has 18 heavy (non-hydrogen) atoms. The molecule has 2 rings (SSSR count). The van der Waals surface area contributed by atoms with Gasteiger partial charge in [0.25, 0.3) is 0 Å². The third kappa shape index (κ3) is 3.70. The van der Waals surface area contributed by atoms with Crippen molar-refractivity contribution < 1.29 is 4.74 Å². The molecule has 0 aliphatic heterocycles. The average Bonchev–Trinajstić information content (AvgIpc) is 3.22. The van der Waals surface area contributed by atoms with Gasteiger partial charge in [-0.3, -0.25) is 4.98 Å². The summed E-state index contributed by atoms with van der Waals surface area (Å²) >= 11 is 0. The second-order valence-electron chi connectivity index (χ2n) is 5.07. The second kappa shape index (κ2) is 6.74. The van der Waals surface area contributed by atoms with E-state index < -0.39 is 0 Å². The number of nitrogens with one attached hydrogen (secondary N) is 1. The van der Waals surface area contributed by atoms with Crippen LogP contribution in [0.5, 0.6) is 5.75 Å².